The van der Waals surface area contributed by atoms with Crippen LogP contribution in [-0.2, 0) is 18.4 Å². The molecule has 0 aromatic heterocycles. The summed E-state index contributed by atoms with van der Waals surface area (Å²) in [5.41, 5.74) is 0. The molecule has 0 spiro atoms. The average molecular weight is 922 g/mol. The average Bonchev–Trinajstić information content (AvgIpc) is 3.25. The molecule has 0 aliphatic carbocycles. The van der Waals surface area contributed by atoms with E-state index < -0.39 is 20.0 Å². The normalized spacial score (nSPS) is 14.4. The van der Waals surface area contributed by atoms with Gasteiger partial charge in [-0.05, 0) is 57.8 Å². The summed E-state index contributed by atoms with van der Waals surface area (Å²) in [6, 6.07) is -0.850. The van der Waals surface area contributed by atoms with Gasteiger partial charge >= 0.3 is 7.82 Å². The van der Waals surface area contributed by atoms with Crippen LogP contribution in [0, 0.1) is 0 Å². The molecule has 376 valence electrons. The van der Waals surface area contributed by atoms with E-state index in [0.717, 1.165) is 51.4 Å². The standard InChI is InChI=1S/C55H105N2O6P/c1-6-8-10-12-14-16-18-20-22-24-25-26-27-28-29-30-31-33-35-37-39-41-43-45-47-49-55(59)56-53(52-63-64(60,61)62-51-50-57(3,4)5)54(58)48-46-44-42-40-38-36-34-32-23-21-19-17-15-13-11-9-7-2/h18,20,24-25,27-28,46,48,53-54,58H,6-17,19,21-23,26,29-45,47,49-52H2,1-5H3,(H-,56,59,60,61)/p+1/b20-18-,25-24-,28-27-,48-46+. The maximum absolute atomic E-state index is 13.0. The summed E-state index contributed by atoms with van der Waals surface area (Å²) >= 11 is 0. The Morgan fingerprint density at radius 1 is 0.531 bits per heavy atom. The Morgan fingerprint density at radius 2 is 0.891 bits per heavy atom. The van der Waals surface area contributed by atoms with Gasteiger partial charge in [0.05, 0.1) is 39.9 Å². The maximum atomic E-state index is 13.0. The molecule has 0 saturated heterocycles. The maximum Gasteiger partial charge on any atom is 0.472 e. The van der Waals surface area contributed by atoms with Crippen molar-refractivity contribution in [2.75, 3.05) is 40.9 Å². The Balaban J connectivity index is 4.26. The SMILES string of the molecule is CCCCCCC/C=C\C/C=C\C/C=C\CCCCCCCCCCCCC(=O)NC(COP(=O)(O)OCC[N+](C)(C)C)C(O)/C=C/CCCCCCCCCCCCCCCCC. The van der Waals surface area contributed by atoms with Crippen LogP contribution in [0.3, 0.4) is 0 Å². The van der Waals surface area contributed by atoms with E-state index in [0.29, 0.717) is 17.4 Å². The van der Waals surface area contributed by atoms with E-state index in [-0.39, 0.29) is 19.1 Å². The smallest absolute Gasteiger partial charge is 0.387 e. The van der Waals surface area contributed by atoms with Crippen LogP contribution < -0.4 is 5.32 Å². The summed E-state index contributed by atoms with van der Waals surface area (Å²) in [4.78, 5) is 23.3. The highest BCUT2D eigenvalue weighted by Crippen LogP contribution is 2.43. The van der Waals surface area contributed by atoms with Gasteiger partial charge in [-0.15, -0.1) is 0 Å². The zero-order valence-electron chi connectivity index (χ0n) is 42.8. The van der Waals surface area contributed by atoms with Crippen molar-refractivity contribution in [1.29, 1.82) is 0 Å². The van der Waals surface area contributed by atoms with Gasteiger partial charge in [0.2, 0.25) is 5.91 Å². The van der Waals surface area contributed by atoms with Gasteiger partial charge in [-0.3, -0.25) is 13.8 Å². The van der Waals surface area contributed by atoms with E-state index in [1.165, 1.54) is 173 Å². The van der Waals surface area contributed by atoms with Crippen molar-refractivity contribution in [3.63, 3.8) is 0 Å². The van der Waals surface area contributed by atoms with Crippen molar-refractivity contribution in [2.45, 2.75) is 257 Å². The fourth-order valence-corrected chi connectivity index (χ4v) is 8.49. The Bertz CT molecular complexity index is 1180. The van der Waals surface area contributed by atoms with Gasteiger partial charge in [0.15, 0.2) is 0 Å². The summed E-state index contributed by atoms with van der Waals surface area (Å²) in [5.74, 6) is -0.181. The Morgan fingerprint density at radius 3 is 1.30 bits per heavy atom. The lowest BCUT2D eigenvalue weighted by Crippen LogP contribution is -2.45. The number of unbranched alkanes of at least 4 members (excludes halogenated alkanes) is 30. The van der Waals surface area contributed by atoms with Crippen LogP contribution in [0.25, 0.3) is 0 Å². The molecular weight excluding hydrogens is 816 g/mol. The molecule has 0 aromatic rings. The third kappa shape index (κ3) is 48.4. The Labute approximate surface area is 397 Å². The van der Waals surface area contributed by atoms with Gasteiger partial charge in [-0.25, -0.2) is 4.57 Å². The first-order valence-electron chi connectivity index (χ1n) is 27.0. The lowest BCUT2D eigenvalue weighted by Gasteiger charge is -2.25. The van der Waals surface area contributed by atoms with Crippen molar-refractivity contribution in [3.05, 3.63) is 48.6 Å². The number of quaternary nitrogens is 1. The molecular formula is C55H106N2O6P+. The van der Waals surface area contributed by atoms with Gasteiger partial charge in [0.1, 0.15) is 13.2 Å². The zero-order chi connectivity index (χ0) is 47.1. The predicted molar refractivity (Wildman–Crippen MR) is 277 cm³/mol. The molecule has 0 aromatic carbocycles. The topological polar surface area (TPSA) is 105 Å². The molecule has 3 unspecified atom stereocenters. The molecule has 0 radical (unpaired) electrons. The molecule has 0 bridgehead atoms. The third-order valence-corrected chi connectivity index (χ3v) is 13.0. The number of allylic oxidation sites excluding steroid dienone is 7. The van der Waals surface area contributed by atoms with E-state index in [4.69, 9.17) is 9.05 Å². The lowest BCUT2D eigenvalue weighted by molar-refractivity contribution is -0.870. The van der Waals surface area contributed by atoms with Gasteiger partial charge in [-0.2, -0.15) is 0 Å². The number of hydrogen-bond donors (Lipinski definition) is 3. The number of carbonyl (C=O) groups is 1. The molecule has 0 heterocycles. The van der Waals surface area contributed by atoms with Gasteiger partial charge in [-0.1, -0.05) is 229 Å². The second kappa shape index (κ2) is 46.6. The number of likely N-dealkylation sites (N-methyl/N-ethyl adjacent to an activating group) is 1. The zero-order valence-corrected chi connectivity index (χ0v) is 43.7. The Kier molecular flexibility index (Phi) is 45.4. The van der Waals surface area contributed by atoms with E-state index in [2.05, 4.69) is 55.6 Å². The second-order valence-electron chi connectivity index (χ2n) is 19.6. The number of nitrogens with zero attached hydrogens (tertiary/aromatic N) is 1. The Hall–Kier alpha value is -1.54. The quantitative estimate of drug-likeness (QED) is 0.0243. The number of hydrogen-bond acceptors (Lipinski definition) is 5. The first kappa shape index (κ1) is 62.5. The van der Waals surface area contributed by atoms with Crippen LogP contribution >= 0.6 is 7.82 Å². The second-order valence-corrected chi connectivity index (χ2v) is 21.1. The minimum atomic E-state index is -4.35. The molecule has 64 heavy (non-hydrogen) atoms. The number of aliphatic hydroxyl groups excluding tert-OH is 1. The lowest BCUT2D eigenvalue weighted by atomic mass is 10.0. The minimum Gasteiger partial charge on any atom is -0.387 e. The van der Waals surface area contributed by atoms with Gasteiger partial charge < -0.3 is 19.8 Å². The van der Waals surface area contributed by atoms with Crippen molar-refractivity contribution < 1.29 is 32.9 Å². The molecule has 9 heteroatoms. The fourth-order valence-electron chi connectivity index (χ4n) is 7.76. The van der Waals surface area contributed by atoms with Crippen LogP contribution in [0.1, 0.15) is 245 Å². The molecule has 1 amide bonds. The summed E-state index contributed by atoms with van der Waals surface area (Å²) in [6.45, 7) is 4.82. The number of rotatable bonds is 49. The first-order chi connectivity index (χ1) is 31.0. The van der Waals surface area contributed by atoms with Crippen LogP contribution in [0.4, 0.5) is 0 Å². The van der Waals surface area contributed by atoms with E-state index in [1.807, 2.05) is 27.2 Å². The van der Waals surface area contributed by atoms with E-state index in [9.17, 15) is 19.4 Å². The minimum absolute atomic E-state index is 0.0599. The number of aliphatic hydroxyl groups is 1. The number of phosphoric acid groups is 1. The van der Waals surface area contributed by atoms with Crippen LogP contribution in [-0.4, -0.2) is 73.4 Å². The first-order valence-corrected chi connectivity index (χ1v) is 28.5. The number of amides is 1. The number of carbonyl (C=O) groups excluding carboxylic acids is 1. The predicted octanol–water partition coefficient (Wildman–Crippen LogP) is 16.0. The van der Waals surface area contributed by atoms with Gasteiger partial charge in [0.25, 0.3) is 0 Å². The molecule has 3 N–H and O–H groups in total. The van der Waals surface area contributed by atoms with Crippen LogP contribution in [0.15, 0.2) is 48.6 Å². The summed E-state index contributed by atoms with van der Waals surface area (Å²) < 4.78 is 23.7. The highest BCUT2D eigenvalue weighted by molar-refractivity contribution is 7.47. The van der Waals surface area contributed by atoms with E-state index >= 15 is 0 Å². The van der Waals surface area contributed by atoms with E-state index in [1.54, 1.807) is 6.08 Å². The van der Waals surface area contributed by atoms with Crippen molar-refractivity contribution >= 4 is 13.7 Å². The highest BCUT2D eigenvalue weighted by Gasteiger charge is 2.27. The van der Waals surface area contributed by atoms with Gasteiger partial charge in [0, 0.05) is 6.42 Å². The molecule has 0 fully saturated rings. The van der Waals surface area contributed by atoms with Crippen LogP contribution in [0.5, 0.6) is 0 Å². The number of nitrogens with one attached hydrogen (secondary N) is 1. The molecule has 0 saturated carbocycles. The molecule has 8 nitrogen and oxygen atoms in total. The summed E-state index contributed by atoms with van der Waals surface area (Å²) in [7, 11) is 1.57. The summed E-state index contributed by atoms with van der Waals surface area (Å²) in [5, 5.41) is 13.9. The fraction of sp³-hybridized carbons (Fsp3) is 0.836. The van der Waals surface area contributed by atoms with Crippen LogP contribution in [0.2, 0.25) is 0 Å². The molecule has 3 atom stereocenters. The highest BCUT2D eigenvalue weighted by atomic mass is 31.2. The monoisotopic (exact) mass is 922 g/mol. The van der Waals surface area contributed by atoms with Crippen molar-refractivity contribution in [1.82, 2.24) is 5.32 Å². The summed E-state index contributed by atoms with van der Waals surface area (Å²) in [6.07, 6.45) is 60.5. The van der Waals surface area contributed by atoms with Crippen molar-refractivity contribution in [3.8, 4) is 0 Å². The third-order valence-electron chi connectivity index (χ3n) is 12.0. The largest absolute Gasteiger partial charge is 0.472 e. The molecule has 0 aliphatic rings. The van der Waals surface area contributed by atoms with Crippen molar-refractivity contribution in [2.24, 2.45) is 0 Å². The molecule has 0 rings (SSSR count). The molecule has 0 aliphatic heterocycles. The number of phosphoric ester groups is 1.